The van der Waals surface area contributed by atoms with E-state index < -0.39 is 0 Å². The predicted molar refractivity (Wildman–Crippen MR) is 77.1 cm³/mol. The van der Waals surface area contributed by atoms with E-state index in [4.69, 9.17) is 5.11 Å². The fourth-order valence-corrected chi connectivity index (χ4v) is 2.77. The van der Waals surface area contributed by atoms with Crippen LogP contribution in [0.25, 0.3) is 0 Å². The third kappa shape index (κ3) is 5.11. The minimum Gasteiger partial charge on any atom is -0.396 e. The average molecular weight is 255 g/mol. The number of aliphatic hydroxyl groups is 1. The normalized spacial score (nSPS) is 13.0. The Labute approximate surface area is 109 Å². The average Bonchev–Trinajstić information content (AvgIpc) is 2.25. The summed E-state index contributed by atoms with van der Waals surface area (Å²) in [6.45, 7) is 9.06. The van der Waals surface area contributed by atoms with Gasteiger partial charge in [0.2, 0.25) is 0 Å². The molecule has 0 aromatic heterocycles. The number of aliphatic hydroxyl groups excluding tert-OH is 1. The molecule has 0 spiro atoms. The standard InChI is InChI=1S/C14H22OS.H3N/c1-11(9-15)10-16-13-8-6-5-7-12(13)14(2,3)4;/h5-8,11,15H,9-10H2,1-4H3;1H3. The quantitative estimate of drug-likeness (QED) is 0.803. The highest BCUT2D eigenvalue weighted by atomic mass is 32.2. The molecule has 0 saturated carbocycles. The lowest BCUT2D eigenvalue weighted by Crippen LogP contribution is -2.13. The topological polar surface area (TPSA) is 55.2 Å². The van der Waals surface area contributed by atoms with E-state index >= 15 is 0 Å². The molecule has 0 saturated heterocycles. The van der Waals surface area contributed by atoms with Gasteiger partial charge in [-0.3, -0.25) is 0 Å². The zero-order valence-electron chi connectivity index (χ0n) is 11.4. The van der Waals surface area contributed by atoms with E-state index in [2.05, 4.69) is 52.0 Å². The first-order valence-corrected chi connectivity index (χ1v) is 6.77. The molecule has 0 aliphatic carbocycles. The van der Waals surface area contributed by atoms with Crippen LogP contribution in [0.3, 0.4) is 0 Å². The first-order chi connectivity index (χ1) is 7.45. The molecule has 2 nitrogen and oxygen atoms in total. The van der Waals surface area contributed by atoms with Gasteiger partial charge in [0.1, 0.15) is 0 Å². The molecule has 1 aromatic carbocycles. The fraction of sp³-hybridized carbons (Fsp3) is 0.571. The number of hydrogen-bond donors (Lipinski definition) is 2. The van der Waals surface area contributed by atoms with Crippen molar-refractivity contribution < 1.29 is 5.11 Å². The smallest absolute Gasteiger partial charge is 0.0464 e. The van der Waals surface area contributed by atoms with E-state index in [-0.39, 0.29) is 18.2 Å². The van der Waals surface area contributed by atoms with E-state index in [1.54, 1.807) is 0 Å². The van der Waals surface area contributed by atoms with Crippen LogP contribution in [0.1, 0.15) is 33.3 Å². The first kappa shape index (κ1) is 16.5. The zero-order chi connectivity index (χ0) is 12.2. The van der Waals surface area contributed by atoms with Gasteiger partial charge in [-0.15, -0.1) is 11.8 Å². The molecule has 0 aliphatic heterocycles. The van der Waals surface area contributed by atoms with Crippen molar-refractivity contribution in [2.24, 2.45) is 5.92 Å². The maximum atomic E-state index is 9.03. The maximum absolute atomic E-state index is 9.03. The number of hydrogen-bond acceptors (Lipinski definition) is 3. The van der Waals surface area contributed by atoms with Crippen LogP contribution in [0.5, 0.6) is 0 Å². The first-order valence-electron chi connectivity index (χ1n) is 5.78. The fourth-order valence-electron chi connectivity index (χ4n) is 1.50. The number of thioether (sulfide) groups is 1. The Bertz CT molecular complexity index is 333. The molecular formula is C14H25NOS. The summed E-state index contributed by atoms with van der Waals surface area (Å²) in [5.74, 6) is 1.34. The second-order valence-corrected chi connectivity index (χ2v) is 6.41. The molecule has 98 valence electrons. The third-order valence-corrected chi connectivity index (χ3v) is 3.93. The maximum Gasteiger partial charge on any atom is 0.0464 e. The Hall–Kier alpha value is -0.510. The van der Waals surface area contributed by atoms with Crippen molar-refractivity contribution in [3.05, 3.63) is 29.8 Å². The van der Waals surface area contributed by atoms with E-state index in [9.17, 15) is 0 Å². The highest BCUT2D eigenvalue weighted by Gasteiger charge is 2.17. The van der Waals surface area contributed by atoms with Gasteiger partial charge in [-0.05, 0) is 23.0 Å². The second kappa shape index (κ2) is 7.04. The SMILES string of the molecule is CC(CO)CSc1ccccc1C(C)(C)C.N. The number of benzene rings is 1. The molecule has 0 heterocycles. The van der Waals surface area contributed by atoms with Crippen LogP contribution in [0, 0.1) is 5.92 Å². The van der Waals surface area contributed by atoms with Crippen LogP contribution in [-0.4, -0.2) is 17.5 Å². The third-order valence-electron chi connectivity index (χ3n) is 2.53. The van der Waals surface area contributed by atoms with Crippen molar-refractivity contribution >= 4 is 11.8 Å². The molecule has 1 unspecified atom stereocenters. The van der Waals surface area contributed by atoms with Gasteiger partial charge in [0.05, 0.1) is 0 Å². The van der Waals surface area contributed by atoms with Crippen molar-refractivity contribution in [3.63, 3.8) is 0 Å². The van der Waals surface area contributed by atoms with Gasteiger partial charge in [-0.2, -0.15) is 0 Å². The summed E-state index contributed by atoms with van der Waals surface area (Å²) in [5.41, 5.74) is 1.58. The molecule has 0 fully saturated rings. The van der Waals surface area contributed by atoms with Crippen molar-refractivity contribution in [2.45, 2.75) is 38.0 Å². The summed E-state index contributed by atoms with van der Waals surface area (Å²) in [6.07, 6.45) is 0. The zero-order valence-corrected chi connectivity index (χ0v) is 12.2. The lowest BCUT2D eigenvalue weighted by atomic mass is 9.87. The van der Waals surface area contributed by atoms with E-state index in [1.165, 1.54) is 10.5 Å². The Kier molecular flexibility index (Phi) is 6.83. The molecule has 3 heteroatoms. The van der Waals surface area contributed by atoms with Crippen molar-refractivity contribution in [1.29, 1.82) is 0 Å². The Morgan fingerprint density at radius 2 is 1.82 bits per heavy atom. The van der Waals surface area contributed by atoms with Crippen LogP contribution in [0.15, 0.2) is 29.2 Å². The lowest BCUT2D eigenvalue weighted by molar-refractivity contribution is 0.250. The van der Waals surface area contributed by atoms with Gasteiger partial charge in [0.15, 0.2) is 0 Å². The predicted octanol–water partition coefficient (Wildman–Crippen LogP) is 3.87. The molecule has 4 N–H and O–H groups in total. The van der Waals surface area contributed by atoms with Gasteiger partial charge >= 0.3 is 0 Å². The molecular weight excluding hydrogens is 230 g/mol. The highest BCUT2D eigenvalue weighted by molar-refractivity contribution is 7.99. The Morgan fingerprint density at radius 1 is 1.24 bits per heavy atom. The van der Waals surface area contributed by atoms with Gasteiger partial charge in [-0.1, -0.05) is 45.9 Å². The molecule has 0 amide bonds. The van der Waals surface area contributed by atoms with Crippen molar-refractivity contribution in [2.75, 3.05) is 12.4 Å². The van der Waals surface area contributed by atoms with Crippen molar-refractivity contribution in [1.82, 2.24) is 6.15 Å². The Balaban J connectivity index is 0.00000256. The van der Waals surface area contributed by atoms with Gasteiger partial charge in [-0.25, -0.2) is 0 Å². The van der Waals surface area contributed by atoms with Crippen LogP contribution in [0.4, 0.5) is 0 Å². The summed E-state index contributed by atoms with van der Waals surface area (Å²) in [5, 5.41) is 9.03. The monoisotopic (exact) mass is 255 g/mol. The summed E-state index contributed by atoms with van der Waals surface area (Å²) >= 11 is 1.85. The van der Waals surface area contributed by atoms with Crippen LogP contribution >= 0.6 is 11.8 Å². The highest BCUT2D eigenvalue weighted by Crippen LogP contribution is 2.32. The molecule has 1 aromatic rings. The molecule has 0 aliphatic rings. The number of rotatable bonds is 4. The van der Waals surface area contributed by atoms with E-state index in [1.807, 2.05) is 11.8 Å². The molecule has 17 heavy (non-hydrogen) atoms. The summed E-state index contributed by atoms with van der Waals surface area (Å²) in [4.78, 5) is 1.34. The molecule has 0 bridgehead atoms. The van der Waals surface area contributed by atoms with Crippen LogP contribution < -0.4 is 6.15 Å². The minimum absolute atomic E-state index is 0. The summed E-state index contributed by atoms with van der Waals surface area (Å²) < 4.78 is 0. The van der Waals surface area contributed by atoms with Crippen LogP contribution in [-0.2, 0) is 5.41 Å². The second-order valence-electron chi connectivity index (χ2n) is 5.34. The molecule has 0 radical (unpaired) electrons. The molecule has 1 atom stereocenters. The largest absolute Gasteiger partial charge is 0.396 e. The van der Waals surface area contributed by atoms with Crippen molar-refractivity contribution in [3.8, 4) is 0 Å². The van der Waals surface area contributed by atoms with Gasteiger partial charge < -0.3 is 11.3 Å². The Morgan fingerprint density at radius 3 is 2.35 bits per heavy atom. The van der Waals surface area contributed by atoms with E-state index in [0.717, 1.165) is 5.75 Å². The van der Waals surface area contributed by atoms with Crippen LogP contribution in [0.2, 0.25) is 0 Å². The lowest BCUT2D eigenvalue weighted by Gasteiger charge is -2.22. The van der Waals surface area contributed by atoms with Gasteiger partial charge in [0, 0.05) is 17.3 Å². The molecule has 1 rings (SSSR count). The van der Waals surface area contributed by atoms with Gasteiger partial charge in [0.25, 0.3) is 0 Å². The minimum atomic E-state index is 0. The summed E-state index contributed by atoms with van der Waals surface area (Å²) in [7, 11) is 0. The summed E-state index contributed by atoms with van der Waals surface area (Å²) in [6, 6.07) is 8.56. The van der Waals surface area contributed by atoms with E-state index in [0.29, 0.717) is 5.92 Å².